The van der Waals surface area contributed by atoms with Crippen LogP contribution in [0.3, 0.4) is 0 Å². The summed E-state index contributed by atoms with van der Waals surface area (Å²) in [7, 11) is 0. The number of carbonyl (C=O) groups is 1. The van der Waals surface area contributed by atoms with Crippen LogP contribution in [0.25, 0.3) is 0 Å². The van der Waals surface area contributed by atoms with Gasteiger partial charge in [0.2, 0.25) is 0 Å². The average molecular weight is 287 g/mol. The van der Waals surface area contributed by atoms with Crippen molar-refractivity contribution >= 4 is 5.91 Å². The summed E-state index contributed by atoms with van der Waals surface area (Å²) in [5.41, 5.74) is -1.02. The van der Waals surface area contributed by atoms with E-state index in [1.54, 1.807) is 20.8 Å². The molecule has 6 heteroatoms. The summed E-state index contributed by atoms with van der Waals surface area (Å²) in [6.45, 7) is 5.12. The fourth-order valence-electron chi connectivity index (χ4n) is 1.67. The van der Waals surface area contributed by atoms with Gasteiger partial charge in [0.15, 0.2) is 18.2 Å². The Labute approximate surface area is 117 Å². The Kier molecular flexibility index (Phi) is 5.44. The Bertz CT molecular complexity index is 472. The number of ether oxygens (including phenoxy) is 1. The van der Waals surface area contributed by atoms with Crippen LogP contribution in [-0.2, 0) is 4.79 Å². The number of nitrogens with zero attached hydrogens (tertiary/aromatic N) is 1. The van der Waals surface area contributed by atoms with Crippen molar-refractivity contribution in [2.24, 2.45) is 0 Å². The van der Waals surface area contributed by atoms with Gasteiger partial charge in [-0.25, -0.2) is 8.78 Å². The largest absolute Gasteiger partial charge is 0.481 e. The maximum Gasteiger partial charge on any atom is 0.260 e. The summed E-state index contributed by atoms with van der Waals surface area (Å²) in [5.74, 6) is -2.13. The second-order valence-electron chi connectivity index (χ2n) is 5.08. The lowest BCUT2D eigenvalue weighted by atomic mass is 10.1. The lowest BCUT2D eigenvalue weighted by molar-refractivity contribution is -0.136. The molecule has 0 aliphatic rings. The monoisotopic (exact) mass is 287 g/mol. The SMILES string of the molecule is CCN(CC(C)(C)O)C(=O)COc1ccc(F)cc1F. The zero-order valence-corrected chi connectivity index (χ0v) is 11.8. The predicted molar refractivity (Wildman–Crippen MR) is 70.4 cm³/mol. The number of rotatable bonds is 6. The highest BCUT2D eigenvalue weighted by molar-refractivity contribution is 5.77. The molecular weight excluding hydrogens is 268 g/mol. The van der Waals surface area contributed by atoms with Crippen LogP contribution in [0.2, 0.25) is 0 Å². The van der Waals surface area contributed by atoms with Crippen LogP contribution in [0.5, 0.6) is 5.75 Å². The van der Waals surface area contributed by atoms with Gasteiger partial charge >= 0.3 is 0 Å². The number of hydrogen-bond donors (Lipinski definition) is 1. The number of aliphatic hydroxyl groups is 1. The van der Waals surface area contributed by atoms with E-state index in [-0.39, 0.29) is 24.8 Å². The lowest BCUT2D eigenvalue weighted by Crippen LogP contribution is -2.44. The Morgan fingerprint density at radius 2 is 2.05 bits per heavy atom. The van der Waals surface area contributed by atoms with Crippen molar-refractivity contribution in [1.29, 1.82) is 0 Å². The molecule has 0 saturated carbocycles. The standard InChI is InChI=1S/C14H19F2NO3/c1-4-17(9-14(2,3)19)13(18)8-20-12-6-5-10(15)7-11(12)16/h5-7,19H,4,8-9H2,1-3H3. The Morgan fingerprint density at radius 1 is 1.40 bits per heavy atom. The summed E-state index contributed by atoms with van der Waals surface area (Å²) in [5, 5.41) is 9.69. The first-order chi connectivity index (χ1) is 9.23. The van der Waals surface area contributed by atoms with Crippen LogP contribution in [0.15, 0.2) is 18.2 Å². The lowest BCUT2D eigenvalue weighted by Gasteiger charge is -2.28. The first-order valence-corrected chi connectivity index (χ1v) is 6.31. The molecule has 1 aromatic rings. The van der Waals surface area contributed by atoms with Gasteiger partial charge in [0.1, 0.15) is 5.82 Å². The van der Waals surface area contributed by atoms with Crippen LogP contribution >= 0.6 is 0 Å². The first kappa shape index (κ1) is 16.4. The third-order valence-electron chi connectivity index (χ3n) is 2.56. The third-order valence-corrected chi connectivity index (χ3v) is 2.56. The van der Waals surface area contributed by atoms with Crippen LogP contribution in [0.4, 0.5) is 8.78 Å². The molecule has 1 amide bonds. The Morgan fingerprint density at radius 3 is 2.55 bits per heavy atom. The highest BCUT2D eigenvalue weighted by Crippen LogP contribution is 2.17. The molecule has 1 aromatic carbocycles. The van der Waals surface area contributed by atoms with Gasteiger partial charge in [0, 0.05) is 19.2 Å². The van der Waals surface area contributed by atoms with E-state index >= 15 is 0 Å². The quantitative estimate of drug-likeness (QED) is 0.870. The Hall–Kier alpha value is -1.69. The summed E-state index contributed by atoms with van der Waals surface area (Å²) in [6.07, 6.45) is 0. The van der Waals surface area contributed by atoms with E-state index in [4.69, 9.17) is 4.74 Å². The number of likely N-dealkylation sites (N-methyl/N-ethyl adjacent to an activating group) is 1. The van der Waals surface area contributed by atoms with Crippen molar-refractivity contribution in [2.75, 3.05) is 19.7 Å². The molecule has 0 spiro atoms. The second kappa shape index (κ2) is 6.65. The molecular formula is C14H19F2NO3. The molecule has 0 saturated heterocycles. The van der Waals surface area contributed by atoms with E-state index in [9.17, 15) is 18.7 Å². The van der Waals surface area contributed by atoms with Crippen LogP contribution in [0.1, 0.15) is 20.8 Å². The summed E-state index contributed by atoms with van der Waals surface area (Å²) in [4.78, 5) is 13.3. The van der Waals surface area contributed by atoms with Crippen molar-refractivity contribution in [2.45, 2.75) is 26.4 Å². The van der Waals surface area contributed by atoms with E-state index in [1.807, 2.05) is 0 Å². The highest BCUT2D eigenvalue weighted by Gasteiger charge is 2.21. The van der Waals surface area contributed by atoms with E-state index in [0.29, 0.717) is 12.6 Å². The Balaban J connectivity index is 2.61. The summed E-state index contributed by atoms with van der Waals surface area (Å²) in [6, 6.07) is 2.87. The van der Waals surface area contributed by atoms with Gasteiger partial charge in [-0.15, -0.1) is 0 Å². The van der Waals surface area contributed by atoms with Gasteiger partial charge in [0.25, 0.3) is 5.91 Å². The molecule has 0 heterocycles. The maximum absolute atomic E-state index is 13.3. The number of hydrogen-bond acceptors (Lipinski definition) is 3. The number of amides is 1. The summed E-state index contributed by atoms with van der Waals surface area (Å²) >= 11 is 0. The van der Waals surface area contributed by atoms with Crippen LogP contribution in [0, 0.1) is 11.6 Å². The molecule has 0 aromatic heterocycles. The van der Waals surface area contributed by atoms with Gasteiger partial charge in [-0.2, -0.15) is 0 Å². The molecule has 0 bridgehead atoms. The molecule has 0 unspecified atom stereocenters. The van der Waals surface area contributed by atoms with E-state index in [0.717, 1.165) is 12.1 Å². The van der Waals surface area contributed by atoms with Crippen LogP contribution < -0.4 is 4.74 Å². The number of carbonyl (C=O) groups excluding carboxylic acids is 1. The zero-order chi connectivity index (χ0) is 15.3. The predicted octanol–water partition coefficient (Wildman–Crippen LogP) is 1.96. The third kappa shape index (κ3) is 5.13. The second-order valence-corrected chi connectivity index (χ2v) is 5.08. The zero-order valence-electron chi connectivity index (χ0n) is 11.8. The molecule has 20 heavy (non-hydrogen) atoms. The van der Waals surface area contributed by atoms with Crippen LogP contribution in [-0.4, -0.2) is 41.2 Å². The fraction of sp³-hybridized carbons (Fsp3) is 0.500. The van der Waals surface area contributed by atoms with Gasteiger partial charge in [-0.3, -0.25) is 4.79 Å². The van der Waals surface area contributed by atoms with Crippen molar-refractivity contribution in [1.82, 2.24) is 4.90 Å². The van der Waals surface area contributed by atoms with Crippen molar-refractivity contribution in [3.63, 3.8) is 0 Å². The first-order valence-electron chi connectivity index (χ1n) is 6.31. The van der Waals surface area contributed by atoms with Crippen molar-refractivity contribution in [3.8, 4) is 5.75 Å². The molecule has 0 aliphatic carbocycles. The molecule has 112 valence electrons. The number of benzene rings is 1. The summed E-state index contributed by atoms with van der Waals surface area (Å²) < 4.78 is 31.1. The minimum absolute atomic E-state index is 0.150. The van der Waals surface area contributed by atoms with E-state index < -0.39 is 17.2 Å². The topological polar surface area (TPSA) is 49.8 Å². The highest BCUT2D eigenvalue weighted by atomic mass is 19.1. The van der Waals surface area contributed by atoms with Gasteiger partial charge in [-0.05, 0) is 32.9 Å². The van der Waals surface area contributed by atoms with E-state index in [1.165, 1.54) is 4.90 Å². The average Bonchev–Trinajstić information content (AvgIpc) is 2.33. The maximum atomic E-state index is 13.3. The van der Waals surface area contributed by atoms with E-state index in [2.05, 4.69) is 0 Å². The minimum atomic E-state index is -1.02. The molecule has 1 N–H and O–H groups in total. The van der Waals surface area contributed by atoms with Crippen molar-refractivity contribution < 1.29 is 23.4 Å². The molecule has 0 radical (unpaired) electrons. The molecule has 0 atom stereocenters. The number of halogens is 2. The van der Waals surface area contributed by atoms with Gasteiger partial charge in [-0.1, -0.05) is 0 Å². The van der Waals surface area contributed by atoms with Gasteiger partial charge < -0.3 is 14.7 Å². The molecule has 0 fully saturated rings. The smallest absolute Gasteiger partial charge is 0.260 e. The normalized spacial score (nSPS) is 11.3. The molecule has 1 rings (SSSR count). The van der Waals surface area contributed by atoms with Crippen molar-refractivity contribution in [3.05, 3.63) is 29.8 Å². The minimum Gasteiger partial charge on any atom is -0.481 e. The van der Waals surface area contributed by atoms with Gasteiger partial charge in [0.05, 0.1) is 5.60 Å². The molecule has 0 aliphatic heterocycles. The fourth-order valence-corrected chi connectivity index (χ4v) is 1.67. The molecule has 4 nitrogen and oxygen atoms in total.